The van der Waals surface area contributed by atoms with Gasteiger partial charge < -0.3 is 10.4 Å². The van der Waals surface area contributed by atoms with E-state index < -0.39 is 17.6 Å². The molecule has 16 heavy (non-hydrogen) atoms. The number of carboxylic acids is 1. The first-order valence-electron chi connectivity index (χ1n) is 5.34. The van der Waals surface area contributed by atoms with E-state index in [1.165, 1.54) is 0 Å². The molecule has 0 fully saturated rings. The van der Waals surface area contributed by atoms with Crippen molar-refractivity contribution in [2.75, 3.05) is 19.8 Å². The molecule has 6 nitrogen and oxygen atoms in total. The largest absolute Gasteiger partial charge is 0.480 e. The predicted octanol–water partition coefficient (Wildman–Crippen LogP) is 0.343. The Labute approximate surface area is 96.2 Å². The van der Waals surface area contributed by atoms with Crippen molar-refractivity contribution in [2.45, 2.75) is 39.3 Å². The molecule has 0 heterocycles. The van der Waals surface area contributed by atoms with Crippen molar-refractivity contribution in [3.63, 3.8) is 0 Å². The molecule has 0 bridgehead atoms. The number of rotatable bonds is 8. The van der Waals surface area contributed by atoms with E-state index in [4.69, 9.17) is 14.9 Å². The van der Waals surface area contributed by atoms with Gasteiger partial charge in [-0.3, -0.25) is 10.1 Å². The Kier molecular flexibility index (Phi) is 7.24. The number of hydrogen-bond donors (Lipinski definition) is 3. The van der Waals surface area contributed by atoms with Gasteiger partial charge in [0.1, 0.15) is 12.8 Å². The Hall–Kier alpha value is -0.690. The summed E-state index contributed by atoms with van der Waals surface area (Å²) >= 11 is 0. The third-order valence-electron chi connectivity index (χ3n) is 1.59. The van der Waals surface area contributed by atoms with Crippen LogP contribution in [0.15, 0.2) is 0 Å². The molecule has 0 aromatic rings. The van der Waals surface area contributed by atoms with Gasteiger partial charge in [0.2, 0.25) is 0 Å². The van der Waals surface area contributed by atoms with Crippen LogP contribution in [-0.4, -0.2) is 42.5 Å². The van der Waals surface area contributed by atoms with Crippen LogP contribution in [0.1, 0.15) is 27.7 Å². The van der Waals surface area contributed by atoms with Gasteiger partial charge in [-0.25, -0.2) is 9.78 Å². The minimum atomic E-state index is -0.916. The Morgan fingerprint density at radius 2 is 2.06 bits per heavy atom. The fraction of sp³-hybridized carbons (Fsp3) is 0.900. The molecule has 96 valence electrons. The Bertz CT molecular complexity index is 203. The standard InChI is InChI=1S/C10H22N2O4/c1-5-11-6-8(9(13)14)12-7-15-16-10(2,3)4/h8,11-12H,5-7H2,1-4H3,(H,13,14). The normalized spacial score (nSPS) is 13.8. The van der Waals surface area contributed by atoms with Gasteiger partial charge in [0, 0.05) is 6.54 Å². The van der Waals surface area contributed by atoms with E-state index in [0.717, 1.165) is 6.54 Å². The molecule has 1 unspecified atom stereocenters. The van der Waals surface area contributed by atoms with Gasteiger partial charge in [0.05, 0.1) is 5.60 Å². The second kappa shape index (κ2) is 7.56. The molecular formula is C10H22N2O4. The highest BCUT2D eigenvalue weighted by atomic mass is 17.2. The summed E-state index contributed by atoms with van der Waals surface area (Å²) in [5.41, 5.74) is -0.401. The molecule has 0 rings (SSSR count). The summed E-state index contributed by atoms with van der Waals surface area (Å²) < 4.78 is 0. The zero-order valence-corrected chi connectivity index (χ0v) is 10.4. The van der Waals surface area contributed by atoms with Crippen LogP contribution < -0.4 is 10.6 Å². The van der Waals surface area contributed by atoms with Crippen LogP contribution in [0.4, 0.5) is 0 Å². The van der Waals surface area contributed by atoms with E-state index in [2.05, 4.69) is 10.6 Å². The Balaban J connectivity index is 3.72. The monoisotopic (exact) mass is 234 g/mol. The van der Waals surface area contributed by atoms with Crippen molar-refractivity contribution in [3.05, 3.63) is 0 Å². The number of carbonyl (C=O) groups is 1. The SMILES string of the molecule is CCNCC(NCOOC(C)(C)C)C(=O)O. The van der Waals surface area contributed by atoms with Gasteiger partial charge in [0.25, 0.3) is 0 Å². The lowest BCUT2D eigenvalue weighted by molar-refractivity contribution is -0.352. The van der Waals surface area contributed by atoms with Gasteiger partial charge in [-0.2, -0.15) is 0 Å². The molecule has 1 atom stereocenters. The van der Waals surface area contributed by atoms with Crippen molar-refractivity contribution in [3.8, 4) is 0 Å². The van der Waals surface area contributed by atoms with Crippen LogP contribution in [0.5, 0.6) is 0 Å². The summed E-state index contributed by atoms with van der Waals surface area (Å²) in [6.45, 7) is 8.58. The molecular weight excluding hydrogens is 212 g/mol. The van der Waals surface area contributed by atoms with Gasteiger partial charge >= 0.3 is 5.97 Å². The molecule has 0 amide bonds. The molecule has 0 saturated heterocycles. The minimum Gasteiger partial charge on any atom is -0.480 e. The zero-order chi connectivity index (χ0) is 12.6. The first kappa shape index (κ1) is 15.3. The predicted molar refractivity (Wildman–Crippen MR) is 59.9 cm³/mol. The van der Waals surface area contributed by atoms with Gasteiger partial charge in [-0.15, -0.1) is 0 Å². The van der Waals surface area contributed by atoms with Crippen LogP contribution in [0.3, 0.4) is 0 Å². The third kappa shape index (κ3) is 8.60. The molecule has 0 aromatic carbocycles. The van der Waals surface area contributed by atoms with E-state index in [-0.39, 0.29) is 6.73 Å². The lowest BCUT2D eigenvalue weighted by atomic mass is 10.2. The molecule has 0 aliphatic carbocycles. The van der Waals surface area contributed by atoms with E-state index in [1.807, 2.05) is 27.7 Å². The maximum Gasteiger partial charge on any atom is 0.322 e. The Morgan fingerprint density at radius 1 is 1.44 bits per heavy atom. The highest BCUT2D eigenvalue weighted by Gasteiger charge is 2.16. The minimum absolute atomic E-state index is 0.0413. The average molecular weight is 234 g/mol. The number of hydrogen-bond acceptors (Lipinski definition) is 5. The Morgan fingerprint density at radius 3 is 2.50 bits per heavy atom. The summed E-state index contributed by atoms with van der Waals surface area (Å²) in [5.74, 6) is -0.916. The maximum atomic E-state index is 10.8. The molecule has 0 aromatic heterocycles. The summed E-state index contributed by atoms with van der Waals surface area (Å²) in [7, 11) is 0. The molecule has 0 aliphatic rings. The van der Waals surface area contributed by atoms with Gasteiger partial charge in [0.15, 0.2) is 0 Å². The molecule has 3 N–H and O–H groups in total. The van der Waals surface area contributed by atoms with E-state index in [0.29, 0.717) is 6.54 Å². The van der Waals surface area contributed by atoms with Crippen molar-refractivity contribution in [2.24, 2.45) is 0 Å². The number of aliphatic carboxylic acids is 1. The molecule has 0 saturated carbocycles. The first-order chi connectivity index (χ1) is 7.37. The number of nitrogens with one attached hydrogen (secondary N) is 2. The summed E-state index contributed by atoms with van der Waals surface area (Å²) in [6, 6.07) is -0.677. The van der Waals surface area contributed by atoms with E-state index in [1.54, 1.807) is 0 Å². The smallest absolute Gasteiger partial charge is 0.322 e. The summed E-state index contributed by atoms with van der Waals surface area (Å²) in [4.78, 5) is 20.6. The van der Waals surface area contributed by atoms with Crippen LogP contribution in [0, 0.1) is 0 Å². The van der Waals surface area contributed by atoms with E-state index in [9.17, 15) is 4.79 Å². The molecule has 0 aliphatic heterocycles. The summed E-state index contributed by atoms with van der Waals surface area (Å²) in [6.07, 6.45) is 0. The van der Waals surface area contributed by atoms with Crippen molar-refractivity contribution in [1.29, 1.82) is 0 Å². The van der Waals surface area contributed by atoms with Crippen LogP contribution in [-0.2, 0) is 14.6 Å². The summed E-state index contributed by atoms with van der Waals surface area (Å²) in [5, 5.41) is 14.5. The first-order valence-corrected chi connectivity index (χ1v) is 5.34. The molecule has 0 radical (unpaired) electrons. The third-order valence-corrected chi connectivity index (χ3v) is 1.59. The lowest BCUT2D eigenvalue weighted by Gasteiger charge is -2.19. The number of likely N-dealkylation sites (N-methyl/N-ethyl adjacent to an activating group) is 1. The average Bonchev–Trinajstić information content (AvgIpc) is 2.14. The van der Waals surface area contributed by atoms with Crippen LogP contribution in [0.2, 0.25) is 0 Å². The molecule has 0 spiro atoms. The quantitative estimate of drug-likeness (QED) is 0.243. The fourth-order valence-electron chi connectivity index (χ4n) is 0.876. The van der Waals surface area contributed by atoms with Gasteiger partial charge in [-0.05, 0) is 27.3 Å². The van der Waals surface area contributed by atoms with Crippen molar-refractivity contribution < 1.29 is 19.7 Å². The topological polar surface area (TPSA) is 79.8 Å². The fourth-order valence-corrected chi connectivity index (χ4v) is 0.876. The van der Waals surface area contributed by atoms with Gasteiger partial charge in [-0.1, -0.05) is 6.92 Å². The molecule has 6 heteroatoms. The van der Waals surface area contributed by atoms with Crippen LogP contribution in [0.25, 0.3) is 0 Å². The maximum absolute atomic E-state index is 10.8. The zero-order valence-electron chi connectivity index (χ0n) is 10.4. The lowest BCUT2D eigenvalue weighted by Crippen LogP contribution is -2.45. The number of carboxylic acid groups (broad SMARTS) is 1. The van der Waals surface area contributed by atoms with Crippen molar-refractivity contribution in [1.82, 2.24) is 10.6 Å². The second-order valence-electron chi connectivity index (χ2n) is 4.36. The van der Waals surface area contributed by atoms with Crippen molar-refractivity contribution >= 4 is 5.97 Å². The second-order valence-corrected chi connectivity index (χ2v) is 4.36. The van der Waals surface area contributed by atoms with Crippen LogP contribution >= 0.6 is 0 Å². The van der Waals surface area contributed by atoms with E-state index >= 15 is 0 Å². The highest BCUT2D eigenvalue weighted by Crippen LogP contribution is 2.06. The highest BCUT2D eigenvalue weighted by molar-refractivity contribution is 5.73.